The molecule has 1 saturated heterocycles. The van der Waals surface area contributed by atoms with E-state index in [4.69, 9.17) is 4.74 Å². The molecule has 0 radical (unpaired) electrons. The maximum atomic E-state index is 14.2. The fourth-order valence-electron chi connectivity index (χ4n) is 3.15. The molecule has 2 aromatic heterocycles. The second-order valence-corrected chi connectivity index (χ2v) is 7.11. The summed E-state index contributed by atoms with van der Waals surface area (Å²) in [6, 6.07) is 0.705. The van der Waals surface area contributed by atoms with Gasteiger partial charge in [0.05, 0.1) is 37.1 Å². The van der Waals surface area contributed by atoms with Crippen LogP contribution in [0.2, 0.25) is 0 Å². The molecule has 2 N–H and O–H groups in total. The van der Waals surface area contributed by atoms with Crippen molar-refractivity contribution in [3.8, 4) is 0 Å². The van der Waals surface area contributed by atoms with Gasteiger partial charge in [-0.1, -0.05) is 13.8 Å². The molecular weight excluding hydrogens is 356 g/mol. The van der Waals surface area contributed by atoms with Crippen LogP contribution in [0.5, 0.6) is 0 Å². The van der Waals surface area contributed by atoms with Crippen LogP contribution >= 0.6 is 0 Å². The van der Waals surface area contributed by atoms with E-state index in [2.05, 4.69) is 15.4 Å². The number of rotatable bonds is 4. The third kappa shape index (κ3) is 3.90. The van der Waals surface area contributed by atoms with Crippen molar-refractivity contribution < 1.29 is 27.4 Å². The van der Waals surface area contributed by atoms with Gasteiger partial charge in [-0.3, -0.25) is 0 Å². The summed E-state index contributed by atoms with van der Waals surface area (Å²) in [7, 11) is 0. The first-order chi connectivity index (χ1) is 12.1. The molecule has 0 bridgehead atoms. The standard InChI is InChI=1S/C16H20F4N4O2/c1-15(2,8-16(18,19)20)13-5-9(17)11-6-21-14(23-24(11)13)22-10-3-4-26-7-12(10)25/h5-6,10,12,25H,3-4,7-8H2,1-2H3,(H,22,23)/t10-,12-/m1/s1. The van der Waals surface area contributed by atoms with Crippen molar-refractivity contribution in [1.82, 2.24) is 14.6 Å². The SMILES string of the molecule is CC(C)(CC(F)(F)F)c1cc(F)c2cnc(N[C@@H]3CCOC[C@H]3O)nn12. The number of nitrogens with one attached hydrogen (secondary N) is 1. The lowest BCUT2D eigenvalue weighted by atomic mass is 9.85. The molecule has 0 unspecified atom stereocenters. The minimum atomic E-state index is -4.40. The van der Waals surface area contributed by atoms with E-state index in [1.165, 1.54) is 20.0 Å². The zero-order valence-corrected chi connectivity index (χ0v) is 14.3. The molecule has 26 heavy (non-hydrogen) atoms. The summed E-state index contributed by atoms with van der Waals surface area (Å²) in [5.74, 6) is -0.587. The number of aliphatic hydroxyl groups is 1. The number of anilines is 1. The van der Waals surface area contributed by atoms with E-state index in [-0.39, 0.29) is 29.8 Å². The molecule has 1 fully saturated rings. The second kappa shape index (κ2) is 6.66. The number of alkyl halides is 3. The number of halogens is 4. The van der Waals surface area contributed by atoms with Crippen molar-refractivity contribution in [1.29, 1.82) is 0 Å². The number of hydrogen-bond acceptors (Lipinski definition) is 5. The molecule has 0 aliphatic carbocycles. The fraction of sp³-hybridized carbons (Fsp3) is 0.625. The molecule has 1 aliphatic heterocycles. The first-order valence-electron chi connectivity index (χ1n) is 8.21. The van der Waals surface area contributed by atoms with Crippen LogP contribution in [0.25, 0.3) is 5.52 Å². The highest BCUT2D eigenvalue weighted by atomic mass is 19.4. The molecule has 2 atom stereocenters. The average Bonchev–Trinajstić information content (AvgIpc) is 2.85. The van der Waals surface area contributed by atoms with Crippen LogP contribution in [0.3, 0.4) is 0 Å². The van der Waals surface area contributed by atoms with Crippen LogP contribution in [0.15, 0.2) is 12.3 Å². The summed E-state index contributed by atoms with van der Waals surface area (Å²) in [5.41, 5.74) is -1.29. The molecule has 0 saturated carbocycles. The van der Waals surface area contributed by atoms with Gasteiger partial charge in [-0.15, -0.1) is 5.10 Å². The lowest BCUT2D eigenvalue weighted by Gasteiger charge is -2.28. The van der Waals surface area contributed by atoms with Crippen LogP contribution in [-0.2, 0) is 10.2 Å². The lowest BCUT2D eigenvalue weighted by Crippen LogP contribution is -2.42. The Hall–Kier alpha value is -1.94. The van der Waals surface area contributed by atoms with Crippen molar-refractivity contribution in [2.45, 2.75) is 50.4 Å². The molecule has 144 valence electrons. The normalized spacial score (nSPS) is 22.0. The summed E-state index contributed by atoms with van der Waals surface area (Å²) in [6.45, 7) is 3.40. The Kier molecular flexibility index (Phi) is 4.82. The van der Waals surface area contributed by atoms with Crippen molar-refractivity contribution in [2.24, 2.45) is 0 Å². The highest BCUT2D eigenvalue weighted by Crippen LogP contribution is 2.37. The number of ether oxygens (including phenoxy) is 1. The van der Waals surface area contributed by atoms with E-state index in [0.29, 0.717) is 13.0 Å². The van der Waals surface area contributed by atoms with E-state index in [0.717, 1.165) is 10.6 Å². The average molecular weight is 376 g/mol. The van der Waals surface area contributed by atoms with Crippen LogP contribution in [-0.4, -0.2) is 51.2 Å². The number of aromatic nitrogens is 3. The van der Waals surface area contributed by atoms with Crippen molar-refractivity contribution >= 4 is 11.5 Å². The topological polar surface area (TPSA) is 71.7 Å². The van der Waals surface area contributed by atoms with Crippen LogP contribution in [0.4, 0.5) is 23.5 Å². The molecule has 1 aliphatic rings. The Bertz CT molecular complexity index is 790. The Morgan fingerprint density at radius 1 is 1.38 bits per heavy atom. The van der Waals surface area contributed by atoms with E-state index < -0.39 is 29.9 Å². The Morgan fingerprint density at radius 2 is 2.12 bits per heavy atom. The molecule has 0 spiro atoms. The summed E-state index contributed by atoms with van der Waals surface area (Å²) in [6.07, 6.45) is -4.54. The predicted molar refractivity (Wildman–Crippen MR) is 85.5 cm³/mol. The number of nitrogens with zero attached hydrogens (tertiary/aromatic N) is 3. The van der Waals surface area contributed by atoms with Gasteiger partial charge < -0.3 is 15.2 Å². The third-order valence-corrected chi connectivity index (χ3v) is 4.44. The Balaban J connectivity index is 1.95. The zero-order chi connectivity index (χ0) is 19.1. The van der Waals surface area contributed by atoms with Crippen LogP contribution in [0, 0.1) is 5.82 Å². The summed E-state index contributed by atoms with van der Waals surface area (Å²) >= 11 is 0. The monoisotopic (exact) mass is 376 g/mol. The van der Waals surface area contributed by atoms with Gasteiger partial charge in [-0.25, -0.2) is 13.9 Å². The maximum Gasteiger partial charge on any atom is 0.390 e. The largest absolute Gasteiger partial charge is 0.390 e. The molecule has 10 heteroatoms. The van der Waals surface area contributed by atoms with Gasteiger partial charge in [0.2, 0.25) is 5.95 Å². The summed E-state index contributed by atoms with van der Waals surface area (Å²) < 4.78 is 59.1. The highest BCUT2D eigenvalue weighted by Gasteiger charge is 2.39. The van der Waals surface area contributed by atoms with Gasteiger partial charge >= 0.3 is 6.18 Å². The van der Waals surface area contributed by atoms with Gasteiger partial charge in [0, 0.05) is 12.0 Å². The minimum Gasteiger partial charge on any atom is -0.389 e. The molecule has 0 amide bonds. The summed E-state index contributed by atoms with van der Waals surface area (Å²) in [4.78, 5) is 4.01. The lowest BCUT2D eigenvalue weighted by molar-refractivity contribution is -0.146. The van der Waals surface area contributed by atoms with E-state index in [1.807, 2.05) is 0 Å². The second-order valence-electron chi connectivity index (χ2n) is 7.11. The molecular formula is C16H20F4N4O2. The maximum absolute atomic E-state index is 14.2. The number of aliphatic hydroxyl groups excluding tert-OH is 1. The van der Waals surface area contributed by atoms with Crippen LogP contribution < -0.4 is 5.32 Å². The van der Waals surface area contributed by atoms with Gasteiger partial charge in [-0.2, -0.15) is 13.2 Å². The van der Waals surface area contributed by atoms with Crippen molar-refractivity contribution in [3.05, 3.63) is 23.8 Å². The molecule has 6 nitrogen and oxygen atoms in total. The Morgan fingerprint density at radius 3 is 2.77 bits per heavy atom. The van der Waals surface area contributed by atoms with Gasteiger partial charge in [0.25, 0.3) is 0 Å². The van der Waals surface area contributed by atoms with Gasteiger partial charge in [0.15, 0.2) is 5.82 Å². The van der Waals surface area contributed by atoms with E-state index in [1.54, 1.807) is 0 Å². The first-order valence-corrected chi connectivity index (χ1v) is 8.21. The minimum absolute atomic E-state index is 0.00618. The first kappa shape index (κ1) is 18.8. The van der Waals surface area contributed by atoms with Crippen LogP contribution in [0.1, 0.15) is 32.4 Å². The molecule has 0 aromatic carbocycles. The molecule has 2 aromatic rings. The van der Waals surface area contributed by atoms with Crippen molar-refractivity contribution in [3.63, 3.8) is 0 Å². The van der Waals surface area contributed by atoms with E-state index in [9.17, 15) is 22.7 Å². The Labute approximate surface area is 147 Å². The number of hydrogen-bond donors (Lipinski definition) is 2. The van der Waals surface area contributed by atoms with Gasteiger partial charge in [-0.05, 0) is 12.5 Å². The van der Waals surface area contributed by atoms with E-state index >= 15 is 0 Å². The quantitative estimate of drug-likeness (QED) is 0.803. The number of fused-ring (bicyclic) bond motifs is 1. The van der Waals surface area contributed by atoms with Gasteiger partial charge in [0.1, 0.15) is 5.52 Å². The third-order valence-electron chi connectivity index (χ3n) is 4.44. The van der Waals surface area contributed by atoms with Crippen molar-refractivity contribution in [2.75, 3.05) is 18.5 Å². The highest BCUT2D eigenvalue weighted by molar-refractivity contribution is 5.51. The fourth-order valence-corrected chi connectivity index (χ4v) is 3.15. The predicted octanol–water partition coefficient (Wildman–Crippen LogP) is 2.66. The molecule has 3 rings (SSSR count). The smallest absolute Gasteiger partial charge is 0.389 e. The zero-order valence-electron chi connectivity index (χ0n) is 14.3. The molecule has 3 heterocycles. The summed E-state index contributed by atoms with van der Waals surface area (Å²) in [5, 5.41) is 17.0.